The molecule has 2 rings (SSSR count). The molecule has 2 aromatic rings. The minimum Gasteiger partial charge on any atom is -0.241 e. The van der Waals surface area contributed by atoms with Gasteiger partial charge in [-0.2, -0.15) is 18.3 Å². The van der Waals surface area contributed by atoms with Crippen LogP contribution >= 0.6 is 11.6 Å². The van der Waals surface area contributed by atoms with E-state index < -0.39 is 18.0 Å². The molecule has 0 N–H and O–H groups in total. The van der Waals surface area contributed by atoms with E-state index in [1.807, 2.05) is 30.3 Å². The van der Waals surface area contributed by atoms with Gasteiger partial charge < -0.3 is 0 Å². The first-order valence-electron chi connectivity index (χ1n) is 5.76. The molecule has 6 heteroatoms. The van der Waals surface area contributed by atoms with Crippen LogP contribution in [0, 0.1) is 0 Å². The van der Waals surface area contributed by atoms with Gasteiger partial charge >= 0.3 is 6.18 Å². The van der Waals surface area contributed by atoms with Crippen LogP contribution < -0.4 is 0 Å². The molecule has 0 spiro atoms. The lowest BCUT2D eigenvalue weighted by Gasteiger charge is -2.09. The van der Waals surface area contributed by atoms with Gasteiger partial charge in [0.15, 0.2) is 0 Å². The third-order valence-electron chi connectivity index (χ3n) is 2.67. The highest BCUT2D eigenvalue weighted by Gasteiger charge is 2.28. The van der Waals surface area contributed by atoms with Gasteiger partial charge in [-0.1, -0.05) is 18.2 Å². The van der Waals surface area contributed by atoms with Gasteiger partial charge in [-0.3, -0.25) is 0 Å². The Kier molecular flexibility index (Phi) is 4.14. The Morgan fingerprint density at radius 1 is 1.21 bits per heavy atom. The summed E-state index contributed by atoms with van der Waals surface area (Å²) in [5, 5.41) is 3.42. The quantitative estimate of drug-likeness (QED) is 0.758. The summed E-state index contributed by atoms with van der Waals surface area (Å²) in [6, 6.07) is 9.31. The van der Waals surface area contributed by atoms with Crippen LogP contribution in [-0.2, 0) is 0 Å². The number of benzene rings is 1. The molecule has 1 aromatic heterocycles. The summed E-state index contributed by atoms with van der Waals surface area (Å²) in [5.41, 5.74) is 1.43. The highest BCUT2D eigenvalue weighted by molar-refractivity contribution is 6.20. The Morgan fingerprint density at radius 3 is 2.53 bits per heavy atom. The first-order chi connectivity index (χ1) is 8.96. The summed E-state index contributed by atoms with van der Waals surface area (Å²) in [6.45, 7) is 0. The first kappa shape index (κ1) is 13.9. The Hall–Kier alpha value is -1.49. The predicted molar refractivity (Wildman–Crippen MR) is 67.4 cm³/mol. The molecule has 0 aliphatic rings. The fourth-order valence-corrected chi connectivity index (χ4v) is 1.90. The van der Waals surface area contributed by atoms with Crippen LogP contribution in [0.1, 0.15) is 23.8 Å². The monoisotopic (exact) mass is 288 g/mol. The normalized spacial score (nSPS) is 13.5. The number of nitrogens with zero attached hydrogens (tertiary/aromatic N) is 2. The van der Waals surface area contributed by atoms with Crippen molar-refractivity contribution in [3.8, 4) is 5.69 Å². The summed E-state index contributed by atoms with van der Waals surface area (Å²) in [5.74, 6) is 0. The van der Waals surface area contributed by atoms with Crippen LogP contribution in [0.25, 0.3) is 5.69 Å². The molecule has 0 amide bonds. The molecule has 0 saturated heterocycles. The topological polar surface area (TPSA) is 17.8 Å². The maximum atomic E-state index is 12.1. The van der Waals surface area contributed by atoms with E-state index in [1.54, 1.807) is 10.9 Å². The number of hydrogen-bond donors (Lipinski definition) is 0. The number of aromatic nitrogens is 2. The molecular weight excluding hydrogens is 277 g/mol. The minimum absolute atomic E-state index is 0.147. The molecule has 102 valence electrons. The molecule has 0 aliphatic carbocycles. The van der Waals surface area contributed by atoms with Crippen molar-refractivity contribution in [2.24, 2.45) is 0 Å². The van der Waals surface area contributed by atoms with Crippen LogP contribution in [0.2, 0.25) is 0 Å². The Morgan fingerprint density at radius 2 is 1.89 bits per heavy atom. The van der Waals surface area contributed by atoms with Gasteiger partial charge in [0.1, 0.15) is 0 Å². The zero-order valence-corrected chi connectivity index (χ0v) is 10.7. The van der Waals surface area contributed by atoms with E-state index in [0.29, 0.717) is 5.56 Å². The smallest absolute Gasteiger partial charge is 0.241 e. The predicted octanol–water partition coefficient (Wildman–Crippen LogP) is 4.49. The van der Waals surface area contributed by atoms with Crippen molar-refractivity contribution in [2.45, 2.75) is 24.4 Å². The van der Waals surface area contributed by atoms with Crippen molar-refractivity contribution in [3.63, 3.8) is 0 Å². The largest absolute Gasteiger partial charge is 0.389 e. The van der Waals surface area contributed by atoms with E-state index in [1.165, 1.54) is 6.20 Å². The van der Waals surface area contributed by atoms with Crippen LogP contribution in [0.5, 0.6) is 0 Å². The number of rotatable bonds is 4. The molecule has 0 aliphatic heterocycles. The van der Waals surface area contributed by atoms with E-state index in [9.17, 15) is 13.2 Å². The second-order valence-corrected chi connectivity index (χ2v) is 4.70. The molecule has 2 nitrogen and oxygen atoms in total. The Labute approximate surface area is 113 Å². The van der Waals surface area contributed by atoms with Gasteiger partial charge in [0.2, 0.25) is 0 Å². The number of hydrogen-bond acceptors (Lipinski definition) is 1. The van der Waals surface area contributed by atoms with Crippen molar-refractivity contribution in [1.82, 2.24) is 9.78 Å². The lowest BCUT2D eigenvalue weighted by Crippen LogP contribution is -2.08. The number of alkyl halides is 4. The molecule has 0 bridgehead atoms. The van der Waals surface area contributed by atoms with E-state index in [2.05, 4.69) is 5.10 Å². The SMILES string of the molecule is FC(F)(F)CCC(Cl)c1cnn(-c2ccccc2)c1. The molecule has 1 heterocycles. The minimum atomic E-state index is -4.18. The average Bonchev–Trinajstić information content (AvgIpc) is 2.86. The van der Waals surface area contributed by atoms with Crippen LogP contribution in [0.15, 0.2) is 42.7 Å². The zero-order chi connectivity index (χ0) is 13.9. The maximum Gasteiger partial charge on any atom is 0.389 e. The standard InChI is InChI=1S/C13H12ClF3N2/c14-12(6-7-13(15,16)17)10-8-18-19(9-10)11-4-2-1-3-5-11/h1-5,8-9,12H,6-7H2. The highest BCUT2D eigenvalue weighted by atomic mass is 35.5. The second-order valence-electron chi connectivity index (χ2n) is 4.18. The third-order valence-corrected chi connectivity index (χ3v) is 3.14. The van der Waals surface area contributed by atoms with Gasteiger partial charge in [0.25, 0.3) is 0 Å². The molecule has 0 saturated carbocycles. The lowest BCUT2D eigenvalue weighted by molar-refractivity contribution is -0.135. The second kappa shape index (κ2) is 5.65. The van der Waals surface area contributed by atoms with Crippen LogP contribution in [-0.4, -0.2) is 16.0 Å². The van der Waals surface area contributed by atoms with Gasteiger partial charge in [0.05, 0.1) is 17.3 Å². The molecule has 1 aromatic carbocycles. The van der Waals surface area contributed by atoms with E-state index in [-0.39, 0.29) is 6.42 Å². The molecule has 1 atom stereocenters. The fraction of sp³-hybridized carbons (Fsp3) is 0.308. The number of halogens is 4. The summed E-state index contributed by atoms with van der Waals surface area (Å²) in [7, 11) is 0. The molecule has 1 unspecified atom stereocenters. The van der Waals surface area contributed by atoms with Gasteiger partial charge in [0, 0.05) is 18.2 Å². The van der Waals surface area contributed by atoms with E-state index in [4.69, 9.17) is 11.6 Å². The zero-order valence-electron chi connectivity index (χ0n) is 9.94. The summed E-state index contributed by atoms with van der Waals surface area (Å²) in [6.07, 6.45) is -2.06. The van der Waals surface area contributed by atoms with Gasteiger partial charge in [-0.05, 0) is 18.6 Å². The van der Waals surface area contributed by atoms with Crippen molar-refractivity contribution >= 4 is 11.6 Å². The Balaban J connectivity index is 2.05. The fourth-order valence-electron chi connectivity index (χ4n) is 1.68. The third kappa shape index (κ3) is 3.99. The molecule has 0 radical (unpaired) electrons. The van der Waals surface area contributed by atoms with E-state index >= 15 is 0 Å². The van der Waals surface area contributed by atoms with Crippen molar-refractivity contribution in [1.29, 1.82) is 0 Å². The summed E-state index contributed by atoms with van der Waals surface area (Å²) >= 11 is 5.96. The average molecular weight is 289 g/mol. The number of para-hydroxylation sites is 1. The molecular formula is C13H12ClF3N2. The summed E-state index contributed by atoms with van der Waals surface area (Å²) < 4.78 is 38.0. The highest BCUT2D eigenvalue weighted by Crippen LogP contribution is 2.31. The first-order valence-corrected chi connectivity index (χ1v) is 6.20. The van der Waals surface area contributed by atoms with E-state index in [0.717, 1.165) is 5.69 Å². The van der Waals surface area contributed by atoms with Gasteiger partial charge in [-0.25, -0.2) is 4.68 Å². The maximum absolute atomic E-state index is 12.1. The molecule has 19 heavy (non-hydrogen) atoms. The molecule has 0 fully saturated rings. The lowest BCUT2D eigenvalue weighted by atomic mass is 10.1. The van der Waals surface area contributed by atoms with Crippen LogP contribution in [0.3, 0.4) is 0 Å². The van der Waals surface area contributed by atoms with Gasteiger partial charge in [-0.15, -0.1) is 11.6 Å². The Bertz CT molecular complexity index is 522. The van der Waals surface area contributed by atoms with Crippen molar-refractivity contribution < 1.29 is 13.2 Å². The van der Waals surface area contributed by atoms with Crippen molar-refractivity contribution in [2.75, 3.05) is 0 Å². The van der Waals surface area contributed by atoms with Crippen LogP contribution in [0.4, 0.5) is 13.2 Å². The van der Waals surface area contributed by atoms with Crippen molar-refractivity contribution in [3.05, 3.63) is 48.3 Å². The summed E-state index contributed by atoms with van der Waals surface area (Å²) in [4.78, 5) is 0.